The summed E-state index contributed by atoms with van der Waals surface area (Å²) in [4.78, 5) is 2.06. The first kappa shape index (κ1) is 14.0. The van der Waals surface area contributed by atoms with Gasteiger partial charge in [-0.1, -0.05) is 0 Å². The molecular weight excluding hydrogens is 302 g/mol. The Labute approximate surface area is 98.0 Å². The summed E-state index contributed by atoms with van der Waals surface area (Å²) in [5.41, 5.74) is 4.18. The Balaban J connectivity index is 0. The van der Waals surface area contributed by atoms with E-state index in [1.807, 2.05) is 38.7 Å². The second-order valence-corrected chi connectivity index (χ2v) is 2.15. The predicted octanol–water partition coefficient (Wildman–Crippen LogP) is -1.64. The molecule has 0 fully saturated rings. The molecule has 0 aliphatic heterocycles. The second kappa shape index (κ2) is 7.08. The van der Waals surface area contributed by atoms with Crippen LogP contribution in [0.15, 0.2) is 29.7 Å². The smallest absolute Gasteiger partial charge is 0.0367 e. The van der Waals surface area contributed by atoms with Crippen molar-refractivity contribution >= 4 is 0 Å². The fourth-order valence-electron chi connectivity index (χ4n) is 0.676. The number of halogens is 1. The van der Waals surface area contributed by atoms with Crippen LogP contribution < -0.4 is 24.0 Å². The van der Waals surface area contributed by atoms with Crippen LogP contribution >= 0.6 is 0 Å². The maximum Gasteiger partial charge on any atom is 0.0367 e. The van der Waals surface area contributed by atoms with E-state index >= 15 is 0 Å². The van der Waals surface area contributed by atoms with Crippen molar-refractivity contribution in [1.29, 1.82) is 0 Å². The zero-order valence-corrected chi connectivity index (χ0v) is 12.0. The van der Waals surface area contributed by atoms with Gasteiger partial charge in [-0.2, -0.15) is 0 Å². The van der Waals surface area contributed by atoms with Gasteiger partial charge in [0.05, 0.1) is 0 Å². The molecule has 3 heteroatoms. The van der Waals surface area contributed by atoms with Crippen LogP contribution in [0.5, 0.6) is 0 Å². The van der Waals surface area contributed by atoms with Gasteiger partial charge in [0, 0.05) is 45.7 Å². The average Bonchev–Trinajstić information content (AvgIpc) is 1.90. The minimum Gasteiger partial charge on any atom is -1.00 e. The van der Waals surface area contributed by atoms with Crippen molar-refractivity contribution in [3.8, 4) is 0 Å². The van der Waals surface area contributed by atoms with Crippen molar-refractivity contribution in [3.63, 3.8) is 0 Å². The molecule has 1 aliphatic carbocycles. The number of hydrogen-bond acceptors (Lipinski definition) is 1. The third-order valence-electron chi connectivity index (χ3n) is 1.22. The summed E-state index contributed by atoms with van der Waals surface area (Å²) < 4.78 is 0. The van der Waals surface area contributed by atoms with E-state index in [-0.39, 0.29) is 43.5 Å². The van der Waals surface area contributed by atoms with Crippen molar-refractivity contribution in [2.75, 3.05) is 14.1 Å². The number of nitrogens with zero attached hydrogens (tertiary/aromatic N) is 1. The van der Waals surface area contributed by atoms with Crippen LogP contribution in [-0.2, 0) is 19.5 Å². The Morgan fingerprint density at radius 3 is 2.18 bits per heavy atom. The van der Waals surface area contributed by atoms with E-state index in [2.05, 4.69) is 10.6 Å². The summed E-state index contributed by atoms with van der Waals surface area (Å²) in [5, 5.41) is 0. The van der Waals surface area contributed by atoms with Gasteiger partial charge in [0.15, 0.2) is 0 Å². The predicted molar refractivity (Wildman–Crippen MR) is 38.7 cm³/mol. The first-order valence-electron chi connectivity index (χ1n) is 2.94. The molecule has 1 aliphatic rings. The number of hydrogen-bond donors (Lipinski definition) is 0. The molecule has 0 aromatic rings. The molecule has 0 bridgehead atoms. The number of rotatable bonds is 1. The molecule has 1 nitrogen and oxygen atoms in total. The van der Waals surface area contributed by atoms with E-state index < -0.39 is 0 Å². The SMILES string of the molecule is CN(C)C1=CC=C=C[CH]1.[I-].[Zn]. The molecule has 0 amide bonds. The van der Waals surface area contributed by atoms with E-state index in [0.717, 1.165) is 0 Å². The summed E-state index contributed by atoms with van der Waals surface area (Å²) in [5.74, 6) is 0. The maximum absolute atomic E-state index is 2.96. The van der Waals surface area contributed by atoms with Gasteiger partial charge in [-0.05, 0) is 18.2 Å². The number of allylic oxidation sites excluding steroid dienone is 2. The zero-order chi connectivity index (χ0) is 6.69. The zero-order valence-electron chi connectivity index (χ0n) is 6.84. The van der Waals surface area contributed by atoms with Crippen molar-refractivity contribution in [2.45, 2.75) is 0 Å². The molecule has 0 spiro atoms. The topological polar surface area (TPSA) is 3.24 Å². The maximum atomic E-state index is 2.96. The summed E-state index contributed by atoms with van der Waals surface area (Å²) in [6.45, 7) is 0. The Morgan fingerprint density at radius 1 is 1.27 bits per heavy atom. The molecule has 0 saturated carbocycles. The molecular formula is C8H10INZn-. The van der Waals surface area contributed by atoms with E-state index in [1.165, 1.54) is 5.70 Å². The molecule has 0 saturated heterocycles. The first-order chi connectivity index (χ1) is 4.30. The molecule has 0 N–H and O–H groups in total. The van der Waals surface area contributed by atoms with Gasteiger partial charge in [-0.25, -0.2) is 0 Å². The fourth-order valence-corrected chi connectivity index (χ4v) is 0.676. The van der Waals surface area contributed by atoms with E-state index in [0.29, 0.717) is 0 Å². The molecule has 1 rings (SSSR count). The molecule has 0 heterocycles. The largest absolute Gasteiger partial charge is 1.00 e. The minimum atomic E-state index is 0. The normalized spacial score (nSPS) is 12.7. The molecule has 0 unspecified atom stereocenters. The van der Waals surface area contributed by atoms with Gasteiger partial charge in [0.1, 0.15) is 0 Å². The van der Waals surface area contributed by atoms with E-state index in [9.17, 15) is 0 Å². The van der Waals surface area contributed by atoms with Crippen LogP contribution in [0, 0.1) is 6.42 Å². The summed E-state index contributed by atoms with van der Waals surface area (Å²) in [6.07, 6.45) is 7.88. The van der Waals surface area contributed by atoms with Gasteiger partial charge in [-0.15, -0.1) is 5.73 Å². The third kappa shape index (κ3) is 4.78. The third-order valence-corrected chi connectivity index (χ3v) is 1.22. The fraction of sp³-hybridized carbons (Fsp3) is 0.250. The summed E-state index contributed by atoms with van der Waals surface area (Å²) in [6, 6.07) is 0. The van der Waals surface area contributed by atoms with Crippen LogP contribution in [0.25, 0.3) is 0 Å². The Bertz CT molecular complexity index is 190. The minimum absolute atomic E-state index is 0. The van der Waals surface area contributed by atoms with Crippen molar-refractivity contribution in [2.24, 2.45) is 0 Å². The van der Waals surface area contributed by atoms with Crippen LogP contribution in [0.1, 0.15) is 0 Å². The van der Waals surface area contributed by atoms with Crippen molar-refractivity contribution < 1.29 is 43.5 Å². The molecule has 0 aromatic heterocycles. The van der Waals surface area contributed by atoms with Crippen molar-refractivity contribution in [3.05, 3.63) is 36.1 Å². The molecule has 11 heavy (non-hydrogen) atoms. The van der Waals surface area contributed by atoms with Crippen LogP contribution in [0.3, 0.4) is 0 Å². The van der Waals surface area contributed by atoms with Gasteiger partial charge in [0.2, 0.25) is 0 Å². The molecule has 0 aromatic carbocycles. The Morgan fingerprint density at radius 2 is 1.91 bits per heavy atom. The van der Waals surface area contributed by atoms with Crippen LogP contribution in [0.2, 0.25) is 0 Å². The van der Waals surface area contributed by atoms with Crippen LogP contribution in [-0.4, -0.2) is 19.0 Å². The molecule has 57 valence electrons. The van der Waals surface area contributed by atoms with Gasteiger partial charge in [-0.3, -0.25) is 0 Å². The Kier molecular flexibility index (Phi) is 8.99. The second-order valence-electron chi connectivity index (χ2n) is 2.15. The summed E-state index contributed by atoms with van der Waals surface area (Å²) >= 11 is 0. The van der Waals surface area contributed by atoms with E-state index in [4.69, 9.17) is 0 Å². The Hall–Kier alpha value is 0.413. The quantitative estimate of drug-likeness (QED) is 0.319. The molecule has 1 radical (unpaired) electrons. The monoisotopic (exact) mass is 311 g/mol. The van der Waals surface area contributed by atoms with Gasteiger partial charge < -0.3 is 28.9 Å². The van der Waals surface area contributed by atoms with E-state index in [1.54, 1.807) is 0 Å². The molecule has 0 atom stereocenters. The van der Waals surface area contributed by atoms with Crippen molar-refractivity contribution in [1.82, 2.24) is 4.90 Å². The van der Waals surface area contributed by atoms with Crippen LogP contribution in [0.4, 0.5) is 0 Å². The standard InChI is InChI=1S/C8H10N.HI.Zn/c1-9(2)8-6-4-3-5-7-8;;/h4-7H,1-2H3;1H;/p-1. The average molecular weight is 312 g/mol. The van der Waals surface area contributed by atoms with Gasteiger partial charge in [0.25, 0.3) is 0 Å². The summed E-state index contributed by atoms with van der Waals surface area (Å²) in [7, 11) is 4.05. The first-order valence-corrected chi connectivity index (χ1v) is 2.94. The van der Waals surface area contributed by atoms with Gasteiger partial charge >= 0.3 is 0 Å².